The van der Waals surface area contributed by atoms with Crippen LogP contribution in [0.15, 0.2) is 51.8 Å². The largest absolute Gasteiger partial charge is 0.497 e. The number of fused-ring (bicyclic) bond motifs is 1. The molecule has 2 heterocycles. The van der Waals surface area contributed by atoms with E-state index in [9.17, 15) is 4.21 Å². The molecule has 0 aromatic heterocycles. The maximum Gasteiger partial charge on any atom is 0.213 e. The molecule has 1 unspecified atom stereocenters. The number of ether oxygens (including phenoxy) is 1. The molecule has 8 heteroatoms. The second-order valence-corrected chi connectivity index (χ2v) is 7.66. The van der Waals surface area contributed by atoms with Gasteiger partial charge >= 0.3 is 0 Å². The Morgan fingerprint density at radius 2 is 1.77 bits per heavy atom. The lowest BCUT2D eigenvalue weighted by molar-refractivity contribution is 0.385. The first-order valence-electron chi connectivity index (χ1n) is 8.35. The van der Waals surface area contributed by atoms with E-state index >= 15 is 0 Å². The van der Waals surface area contributed by atoms with Crippen molar-refractivity contribution >= 4 is 39.9 Å². The van der Waals surface area contributed by atoms with Crippen molar-refractivity contribution in [2.75, 3.05) is 43.5 Å². The minimum Gasteiger partial charge on any atom is -0.497 e. The molecule has 2 aliphatic heterocycles. The molecule has 2 aromatic rings. The van der Waals surface area contributed by atoms with E-state index in [1.807, 2.05) is 18.2 Å². The average Bonchev–Trinajstić information content (AvgIpc) is 2.68. The highest BCUT2D eigenvalue weighted by Crippen LogP contribution is 2.28. The van der Waals surface area contributed by atoms with Crippen molar-refractivity contribution in [2.45, 2.75) is 4.90 Å². The quantitative estimate of drug-likeness (QED) is 0.854. The Labute approximate surface area is 160 Å². The summed E-state index contributed by atoms with van der Waals surface area (Å²) in [5, 5.41) is 3.84. The van der Waals surface area contributed by atoms with Crippen molar-refractivity contribution in [3.63, 3.8) is 0 Å². The van der Waals surface area contributed by atoms with Crippen LogP contribution in [0, 0.1) is 0 Å². The third-order valence-corrected chi connectivity index (χ3v) is 5.85. The van der Waals surface area contributed by atoms with Crippen LogP contribution in [0.25, 0.3) is 0 Å². The molecule has 0 radical (unpaired) electrons. The standard InChI is InChI=1S/C18H19ClN4O2S/c1-25-15-5-3-14(4-6-15)22-8-10-23(11-9-22)18-20-16-7-2-13(19)12-17(16)26(24)21-18/h2-7,12H,8-11H2,1H3,(H,20,21). The van der Waals surface area contributed by atoms with Crippen molar-refractivity contribution < 1.29 is 8.95 Å². The summed E-state index contributed by atoms with van der Waals surface area (Å²) in [4.78, 5) is 5.08. The SMILES string of the molecule is COc1ccc(N2CCN(C3=NS(=O)c4cc(Cl)ccc4N3)CC2)cc1. The van der Waals surface area contributed by atoms with Crippen LogP contribution >= 0.6 is 11.6 Å². The molecule has 2 aromatic carbocycles. The smallest absolute Gasteiger partial charge is 0.213 e. The molecular formula is C18H19ClN4O2S. The molecule has 1 N–H and O–H groups in total. The molecule has 0 bridgehead atoms. The molecular weight excluding hydrogens is 372 g/mol. The number of halogens is 1. The van der Waals surface area contributed by atoms with Crippen LogP contribution in [-0.2, 0) is 11.0 Å². The Kier molecular flexibility index (Phi) is 4.74. The molecule has 4 rings (SSSR count). The topological polar surface area (TPSA) is 57.2 Å². The molecule has 6 nitrogen and oxygen atoms in total. The van der Waals surface area contributed by atoms with E-state index in [2.05, 4.69) is 31.6 Å². The molecule has 1 atom stereocenters. The monoisotopic (exact) mass is 390 g/mol. The lowest BCUT2D eigenvalue weighted by atomic mass is 10.2. The van der Waals surface area contributed by atoms with Gasteiger partial charge in [-0.25, -0.2) is 4.21 Å². The molecule has 0 amide bonds. The highest BCUT2D eigenvalue weighted by atomic mass is 35.5. The number of hydrogen-bond acceptors (Lipinski definition) is 5. The molecule has 0 aliphatic carbocycles. The number of nitrogens with one attached hydrogen (secondary N) is 1. The highest BCUT2D eigenvalue weighted by Gasteiger charge is 2.25. The number of hydrogen-bond donors (Lipinski definition) is 1. The Balaban J connectivity index is 1.43. The molecule has 26 heavy (non-hydrogen) atoms. The van der Waals surface area contributed by atoms with Crippen molar-refractivity contribution in [3.8, 4) is 5.75 Å². The fraction of sp³-hybridized carbons (Fsp3) is 0.278. The van der Waals surface area contributed by atoms with E-state index in [-0.39, 0.29) is 0 Å². The van der Waals surface area contributed by atoms with Gasteiger partial charge in [-0.05, 0) is 42.5 Å². The van der Waals surface area contributed by atoms with E-state index in [1.165, 1.54) is 5.69 Å². The van der Waals surface area contributed by atoms with Gasteiger partial charge < -0.3 is 19.9 Å². The Morgan fingerprint density at radius 1 is 1.08 bits per heavy atom. The first-order chi connectivity index (χ1) is 12.6. The van der Waals surface area contributed by atoms with Crippen LogP contribution in [0.3, 0.4) is 0 Å². The summed E-state index contributed by atoms with van der Waals surface area (Å²) < 4.78 is 21.9. The van der Waals surface area contributed by atoms with Crippen LogP contribution in [0.5, 0.6) is 5.75 Å². The summed E-state index contributed by atoms with van der Waals surface area (Å²) in [6.45, 7) is 3.34. The van der Waals surface area contributed by atoms with Gasteiger partial charge in [0, 0.05) is 36.9 Å². The van der Waals surface area contributed by atoms with Gasteiger partial charge in [0.2, 0.25) is 5.96 Å². The number of anilines is 2. The fourth-order valence-electron chi connectivity index (χ4n) is 3.12. The third kappa shape index (κ3) is 3.37. The van der Waals surface area contributed by atoms with Crippen LogP contribution in [-0.4, -0.2) is 48.4 Å². The third-order valence-electron chi connectivity index (χ3n) is 4.56. The number of rotatable bonds is 2. The maximum atomic E-state index is 12.4. The zero-order valence-electron chi connectivity index (χ0n) is 14.3. The van der Waals surface area contributed by atoms with Crippen molar-refractivity contribution in [1.82, 2.24) is 4.90 Å². The van der Waals surface area contributed by atoms with Crippen LogP contribution < -0.4 is 15.0 Å². The summed E-state index contributed by atoms with van der Waals surface area (Å²) in [6, 6.07) is 13.4. The van der Waals surface area contributed by atoms with Gasteiger partial charge in [-0.1, -0.05) is 11.6 Å². The van der Waals surface area contributed by atoms with E-state index in [0.717, 1.165) is 37.6 Å². The van der Waals surface area contributed by atoms with Gasteiger partial charge in [0.05, 0.1) is 17.7 Å². The number of guanidine groups is 1. The normalized spacial score (nSPS) is 19.5. The summed E-state index contributed by atoms with van der Waals surface area (Å²) >= 11 is 5.99. The number of nitrogens with zero attached hydrogens (tertiary/aromatic N) is 3. The van der Waals surface area contributed by atoms with E-state index in [1.54, 1.807) is 19.2 Å². The summed E-state index contributed by atoms with van der Waals surface area (Å²) in [6.07, 6.45) is 0. The van der Waals surface area contributed by atoms with Gasteiger partial charge in [0.1, 0.15) is 5.75 Å². The molecule has 136 valence electrons. The summed E-state index contributed by atoms with van der Waals surface area (Å²) in [5.41, 5.74) is 1.97. The van der Waals surface area contributed by atoms with E-state index in [0.29, 0.717) is 15.9 Å². The Bertz CT molecular complexity index is 864. The molecule has 1 saturated heterocycles. The zero-order valence-corrected chi connectivity index (χ0v) is 15.9. The van der Waals surface area contributed by atoms with Gasteiger partial charge in [0.15, 0.2) is 11.0 Å². The van der Waals surface area contributed by atoms with Crippen molar-refractivity contribution in [1.29, 1.82) is 0 Å². The van der Waals surface area contributed by atoms with Gasteiger partial charge in [-0.2, -0.15) is 0 Å². The van der Waals surface area contributed by atoms with Gasteiger partial charge in [0.25, 0.3) is 0 Å². The molecule has 0 spiro atoms. The van der Waals surface area contributed by atoms with Crippen LogP contribution in [0.2, 0.25) is 5.02 Å². The molecule has 0 saturated carbocycles. The van der Waals surface area contributed by atoms with Gasteiger partial charge in [-0.3, -0.25) is 0 Å². The summed E-state index contributed by atoms with van der Waals surface area (Å²) in [7, 11) is 0.235. The van der Waals surface area contributed by atoms with Crippen molar-refractivity contribution in [3.05, 3.63) is 47.5 Å². The van der Waals surface area contributed by atoms with Crippen molar-refractivity contribution in [2.24, 2.45) is 4.40 Å². The number of methoxy groups -OCH3 is 1. The predicted octanol–water partition coefficient (Wildman–Crippen LogP) is 2.97. The Hall–Kier alpha value is -2.25. The fourth-order valence-corrected chi connectivity index (χ4v) is 4.31. The van der Waals surface area contributed by atoms with E-state index in [4.69, 9.17) is 16.3 Å². The Morgan fingerprint density at radius 3 is 2.46 bits per heavy atom. The molecule has 1 fully saturated rings. The number of piperazine rings is 1. The van der Waals surface area contributed by atoms with Crippen LogP contribution in [0.4, 0.5) is 11.4 Å². The minimum atomic E-state index is -1.43. The second kappa shape index (κ2) is 7.17. The minimum absolute atomic E-state index is 0.561. The lowest BCUT2D eigenvalue weighted by Crippen LogP contribution is -2.51. The predicted molar refractivity (Wildman–Crippen MR) is 106 cm³/mol. The second-order valence-electron chi connectivity index (χ2n) is 6.10. The van der Waals surface area contributed by atoms with Crippen LogP contribution in [0.1, 0.15) is 0 Å². The highest BCUT2D eigenvalue weighted by molar-refractivity contribution is 7.84. The zero-order chi connectivity index (χ0) is 18.1. The summed E-state index contributed by atoms with van der Waals surface area (Å²) in [5.74, 6) is 1.52. The first kappa shape index (κ1) is 17.2. The first-order valence-corrected chi connectivity index (χ1v) is 9.83. The molecule has 2 aliphatic rings. The average molecular weight is 391 g/mol. The van der Waals surface area contributed by atoms with Gasteiger partial charge in [-0.15, -0.1) is 4.40 Å². The number of benzene rings is 2. The maximum absolute atomic E-state index is 12.4. The lowest BCUT2D eigenvalue weighted by Gasteiger charge is -2.38. The van der Waals surface area contributed by atoms with E-state index < -0.39 is 11.0 Å².